The number of furan rings is 1. The molecule has 3 heterocycles. The minimum Gasteiger partial charge on any atom is -0.501 e. The van der Waals surface area contributed by atoms with Crippen molar-refractivity contribution in [3.8, 4) is 44.8 Å². The zero-order valence-electron chi connectivity index (χ0n) is 30.5. The second kappa shape index (κ2) is 15.8. The van der Waals surface area contributed by atoms with Crippen LogP contribution in [0, 0.1) is 19.1 Å². The summed E-state index contributed by atoms with van der Waals surface area (Å²) in [5.41, 5.74) is 12.8. The molecule has 8 rings (SSSR count). The van der Waals surface area contributed by atoms with Gasteiger partial charge < -0.3 is 14.4 Å². The van der Waals surface area contributed by atoms with Gasteiger partial charge in [0.15, 0.2) is 0 Å². The average molecular weight is 871 g/mol. The smallest absolute Gasteiger partial charge is 0.121 e. The fourth-order valence-corrected chi connectivity index (χ4v) is 7.32. The van der Waals surface area contributed by atoms with Crippen LogP contribution >= 0.6 is 0 Å². The van der Waals surface area contributed by atoms with Crippen molar-refractivity contribution < 1.29 is 24.5 Å². The van der Waals surface area contributed by atoms with Gasteiger partial charge in [-0.2, -0.15) is 0 Å². The van der Waals surface area contributed by atoms with Gasteiger partial charge in [-0.1, -0.05) is 136 Å². The molecule has 8 aromatic rings. The molecular weight excluding hydrogens is 829 g/mol. The molecule has 0 N–H and O–H groups in total. The van der Waals surface area contributed by atoms with Crippen LogP contribution in [0.5, 0.6) is 0 Å². The van der Waals surface area contributed by atoms with Crippen molar-refractivity contribution in [2.45, 2.75) is 46.3 Å². The van der Waals surface area contributed by atoms with Crippen LogP contribution in [0.2, 0.25) is 19.6 Å². The molecule has 5 aromatic carbocycles. The summed E-state index contributed by atoms with van der Waals surface area (Å²) >= 11 is 0. The number of hydrogen-bond donors (Lipinski definition) is 0. The molecule has 0 amide bonds. The van der Waals surface area contributed by atoms with Crippen LogP contribution in [0.1, 0.15) is 30.9 Å². The zero-order chi connectivity index (χ0) is 35.5. The van der Waals surface area contributed by atoms with E-state index in [1.165, 1.54) is 33.0 Å². The maximum Gasteiger partial charge on any atom is 0.121 e. The van der Waals surface area contributed by atoms with Crippen LogP contribution in [0.25, 0.3) is 66.7 Å². The summed E-state index contributed by atoms with van der Waals surface area (Å²) in [7, 11) is -1.24. The summed E-state index contributed by atoms with van der Waals surface area (Å²) in [5, 5.41) is 3.59. The Labute approximate surface area is 322 Å². The molecule has 5 heteroatoms. The Kier molecular flexibility index (Phi) is 11.2. The monoisotopic (exact) mass is 871 g/mol. The van der Waals surface area contributed by atoms with Gasteiger partial charge in [-0.3, -0.25) is 0 Å². The molecule has 0 aliphatic carbocycles. The minimum atomic E-state index is -1.24. The van der Waals surface area contributed by atoms with E-state index in [4.69, 9.17) is 4.42 Å². The molecule has 0 spiro atoms. The molecule has 0 aliphatic rings. The Morgan fingerprint density at radius 2 is 1.37 bits per heavy atom. The summed E-state index contributed by atoms with van der Waals surface area (Å²) in [6, 6.07) is 50.9. The van der Waals surface area contributed by atoms with Crippen molar-refractivity contribution in [1.82, 2.24) is 9.97 Å². The Morgan fingerprint density at radius 1 is 0.635 bits per heavy atom. The van der Waals surface area contributed by atoms with Crippen molar-refractivity contribution in [2.24, 2.45) is 0 Å². The number of nitrogens with zero attached hydrogens (tertiary/aromatic N) is 2. The molecule has 0 saturated heterocycles. The molecule has 0 unspecified atom stereocenters. The fraction of sp³-hybridized carbons (Fsp3) is 0.149. The summed E-state index contributed by atoms with van der Waals surface area (Å²) in [6.45, 7) is 13.5. The first-order valence-electron chi connectivity index (χ1n) is 17.6. The summed E-state index contributed by atoms with van der Waals surface area (Å²) < 4.78 is 6.44. The van der Waals surface area contributed by atoms with Gasteiger partial charge in [-0.15, -0.1) is 53.6 Å². The summed E-state index contributed by atoms with van der Waals surface area (Å²) in [4.78, 5) is 9.18. The predicted octanol–water partition coefficient (Wildman–Crippen LogP) is 12.3. The minimum absolute atomic E-state index is 0. The molecule has 3 aromatic heterocycles. The Hall–Kier alpha value is -4.93. The first-order chi connectivity index (χ1) is 24.6. The molecular formula is C47H42IrN2OSi-2. The SMILES string of the molecule is CC(C)c1ccnc(-c2[c-]ccc3c2oc2cc(-c4cccc(-c5ccccc5)c4)ccc23)c1.Cc1cc[c-]c(-c2ccc([Si](C)(C)C)cn2)c1.[Ir]. The van der Waals surface area contributed by atoms with E-state index >= 15 is 0 Å². The average Bonchev–Trinajstić information content (AvgIpc) is 3.53. The molecule has 0 bridgehead atoms. The largest absolute Gasteiger partial charge is 0.501 e. The zero-order valence-corrected chi connectivity index (χ0v) is 33.9. The van der Waals surface area contributed by atoms with Gasteiger partial charge in [0.25, 0.3) is 0 Å². The number of aryl methyl sites for hydroxylation is 1. The molecule has 0 saturated carbocycles. The van der Waals surface area contributed by atoms with Gasteiger partial charge in [0.1, 0.15) is 5.58 Å². The number of pyridine rings is 2. The molecule has 0 aliphatic heterocycles. The predicted molar refractivity (Wildman–Crippen MR) is 217 cm³/mol. The fourth-order valence-electron chi connectivity index (χ4n) is 6.29. The van der Waals surface area contributed by atoms with Crippen LogP contribution in [0.4, 0.5) is 0 Å². The topological polar surface area (TPSA) is 38.9 Å². The first kappa shape index (κ1) is 36.8. The number of benzene rings is 5. The normalized spacial score (nSPS) is 11.3. The molecule has 0 fully saturated rings. The second-order valence-corrected chi connectivity index (χ2v) is 19.5. The Bertz CT molecular complexity index is 2440. The van der Waals surface area contributed by atoms with E-state index in [9.17, 15) is 0 Å². The van der Waals surface area contributed by atoms with Gasteiger partial charge in [0, 0.05) is 37.9 Å². The van der Waals surface area contributed by atoms with Crippen LogP contribution in [0.3, 0.4) is 0 Å². The van der Waals surface area contributed by atoms with Crippen LogP contribution < -0.4 is 5.19 Å². The Balaban J connectivity index is 0.000000218. The van der Waals surface area contributed by atoms with Gasteiger partial charge in [0.05, 0.1) is 13.7 Å². The van der Waals surface area contributed by atoms with Crippen LogP contribution in [-0.4, -0.2) is 18.0 Å². The number of fused-ring (bicyclic) bond motifs is 3. The first-order valence-corrected chi connectivity index (χ1v) is 21.1. The summed E-state index contributed by atoms with van der Waals surface area (Å²) in [5.74, 6) is 0.436. The number of rotatable bonds is 6. The van der Waals surface area contributed by atoms with E-state index in [-0.39, 0.29) is 20.1 Å². The maximum atomic E-state index is 6.44. The Morgan fingerprint density at radius 3 is 2.08 bits per heavy atom. The molecule has 261 valence electrons. The van der Waals surface area contributed by atoms with Crippen molar-refractivity contribution in [3.05, 3.63) is 163 Å². The van der Waals surface area contributed by atoms with E-state index in [2.05, 4.69) is 172 Å². The second-order valence-electron chi connectivity index (χ2n) is 14.4. The standard InChI is InChI=1S/C32H24NO.C15H18NSi.Ir/c1-21(2)23-16-17-33-30(19-23)29-13-7-12-28-27-15-14-26(20-31(27)34-32(28)29)25-11-6-10-24(18-25)22-8-4-3-5-9-22;1-12-6-5-7-13(10-12)15-9-8-14(11-16-15)17(2,3)4;/h3-12,14-21H,1-2H3;5-6,8-11H,1-4H3;/q2*-1;. The van der Waals surface area contributed by atoms with Gasteiger partial charge in [-0.25, -0.2) is 0 Å². The van der Waals surface area contributed by atoms with E-state index in [0.717, 1.165) is 50.0 Å². The van der Waals surface area contributed by atoms with E-state index in [1.54, 1.807) is 0 Å². The van der Waals surface area contributed by atoms with E-state index < -0.39 is 8.07 Å². The molecule has 52 heavy (non-hydrogen) atoms. The molecule has 3 nitrogen and oxygen atoms in total. The van der Waals surface area contributed by atoms with E-state index in [0.29, 0.717) is 5.92 Å². The van der Waals surface area contributed by atoms with Gasteiger partial charge in [-0.05, 0) is 62.9 Å². The number of aromatic nitrogens is 2. The van der Waals surface area contributed by atoms with E-state index in [1.807, 2.05) is 30.6 Å². The van der Waals surface area contributed by atoms with Crippen molar-refractivity contribution in [3.63, 3.8) is 0 Å². The number of hydrogen-bond acceptors (Lipinski definition) is 3. The molecule has 0 atom stereocenters. The van der Waals surface area contributed by atoms with Crippen LogP contribution in [-0.2, 0) is 20.1 Å². The third-order valence-corrected chi connectivity index (χ3v) is 11.3. The van der Waals surface area contributed by atoms with Gasteiger partial charge in [0.2, 0.25) is 0 Å². The maximum absolute atomic E-state index is 6.44. The van der Waals surface area contributed by atoms with Crippen molar-refractivity contribution >= 4 is 35.2 Å². The summed E-state index contributed by atoms with van der Waals surface area (Å²) in [6.07, 6.45) is 3.90. The molecule has 1 radical (unpaired) electrons. The van der Waals surface area contributed by atoms with Crippen molar-refractivity contribution in [1.29, 1.82) is 0 Å². The third kappa shape index (κ3) is 8.08. The van der Waals surface area contributed by atoms with Gasteiger partial charge >= 0.3 is 0 Å². The third-order valence-electron chi connectivity index (χ3n) is 9.31. The quantitative estimate of drug-likeness (QED) is 0.123. The van der Waals surface area contributed by atoms with Crippen LogP contribution in [0.15, 0.2) is 144 Å². The van der Waals surface area contributed by atoms with Crippen molar-refractivity contribution in [2.75, 3.05) is 0 Å².